The summed E-state index contributed by atoms with van der Waals surface area (Å²) in [5.74, 6) is -40.2. The fourth-order valence-corrected chi connectivity index (χ4v) is 3.60. The molecular formula is C16H10F12O4. The predicted molar refractivity (Wildman–Crippen MR) is 77.2 cm³/mol. The molecule has 4 atom stereocenters. The van der Waals surface area contributed by atoms with Crippen molar-refractivity contribution in [2.45, 2.75) is 52.9 Å². The molecule has 0 spiro atoms. The second kappa shape index (κ2) is 6.56. The van der Waals surface area contributed by atoms with Crippen molar-refractivity contribution in [3.63, 3.8) is 0 Å². The molecule has 0 aromatic carbocycles. The first-order valence-corrected chi connectivity index (χ1v) is 8.03. The van der Waals surface area contributed by atoms with Crippen molar-refractivity contribution in [2.75, 3.05) is 6.67 Å². The third-order valence-electron chi connectivity index (χ3n) is 5.27. The number of fused-ring (bicyclic) bond motifs is 2. The van der Waals surface area contributed by atoms with Crippen LogP contribution in [0.4, 0.5) is 52.7 Å². The first-order valence-electron chi connectivity index (χ1n) is 8.03. The molecule has 2 aliphatic carbocycles. The van der Waals surface area contributed by atoms with Crippen LogP contribution in [0, 0.1) is 0 Å². The predicted octanol–water partition coefficient (Wildman–Crippen LogP) is 4.19. The highest BCUT2D eigenvalue weighted by Crippen LogP contribution is 2.77. The SMILES string of the molecule is C=CC(=O)OC1(F)C(F)(F)C2(OC(=O)C=C)CC(F)(CF)C(F)(F)C(F)(C1(F)F)C2(F)F. The van der Waals surface area contributed by atoms with E-state index >= 15 is 17.6 Å². The summed E-state index contributed by atoms with van der Waals surface area (Å²) in [5.41, 5.74) is -18.9. The van der Waals surface area contributed by atoms with Gasteiger partial charge in [0.25, 0.3) is 5.60 Å². The molecule has 2 rings (SSSR count). The Kier molecular flexibility index (Phi) is 5.29. The number of carbonyl (C=O) groups is 2. The summed E-state index contributed by atoms with van der Waals surface area (Å²) >= 11 is 0. The highest BCUT2D eigenvalue weighted by molar-refractivity contribution is 5.83. The minimum Gasteiger partial charge on any atom is -0.442 e. The van der Waals surface area contributed by atoms with Gasteiger partial charge in [0.2, 0.25) is 5.67 Å². The van der Waals surface area contributed by atoms with Crippen LogP contribution < -0.4 is 0 Å². The summed E-state index contributed by atoms with van der Waals surface area (Å²) in [7, 11) is 0. The van der Waals surface area contributed by atoms with Crippen LogP contribution in [0.1, 0.15) is 6.42 Å². The number of carbonyl (C=O) groups excluding carboxylic acids is 2. The Morgan fingerprint density at radius 1 is 0.719 bits per heavy atom. The summed E-state index contributed by atoms with van der Waals surface area (Å²) in [6.07, 6.45) is -4.02. The number of alkyl halides is 12. The zero-order valence-corrected chi connectivity index (χ0v) is 15.2. The second-order valence-corrected chi connectivity index (χ2v) is 6.90. The van der Waals surface area contributed by atoms with E-state index in [1.54, 1.807) is 0 Å². The van der Waals surface area contributed by atoms with Crippen LogP contribution in [0.5, 0.6) is 0 Å². The molecule has 2 bridgehead atoms. The normalized spacial score (nSPS) is 40.6. The van der Waals surface area contributed by atoms with Crippen LogP contribution in [0.15, 0.2) is 25.3 Å². The van der Waals surface area contributed by atoms with E-state index in [0.29, 0.717) is 0 Å². The van der Waals surface area contributed by atoms with E-state index in [0.717, 1.165) is 0 Å². The van der Waals surface area contributed by atoms with E-state index in [4.69, 9.17) is 0 Å². The van der Waals surface area contributed by atoms with Crippen LogP contribution >= 0.6 is 0 Å². The third-order valence-corrected chi connectivity index (χ3v) is 5.27. The molecule has 0 amide bonds. The highest BCUT2D eigenvalue weighted by atomic mass is 19.3. The fraction of sp³-hybridized carbons (Fsp3) is 0.625. The van der Waals surface area contributed by atoms with Crippen molar-refractivity contribution in [3.8, 4) is 0 Å². The van der Waals surface area contributed by atoms with Crippen LogP contribution in [-0.4, -0.2) is 65.1 Å². The Balaban J connectivity index is 3.14. The molecule has 0 saturated heterocycles. The molecular weight excluding hydrogens is 484 g/mol. The van der Waals surface area contributed by atoms with Crippen molar-refractivity contribution in [1.82, 2.24) is 0 Å². The Hall–Kier alpha value is -2.42. The topological polar surface area (TPSA) is 52.6 Å². The van der Waals surface area contributed by atoms with Crippen LogP contribution in [-0.2, 0) is 19.1 Å². The number of halogens is 12. The maximum absolute atomic E-state index is 15.1. The lowest BCUT2D eigenvalue weighted by Gasteiger charge is -2.65. The van der Waals surface area contributed by atoms with Crippen molar-refractivity contribution in [2.24, 2.45) is 0 Å². The molecule has 4 unspecified atom stereocenters. The Labute approximate surface area is 169 Å². The van der Waals surface area contributed by atoms with Gasteiger partial charge in [-0.15, -0.1) is 0 Å². The zero-order chi connectivity index (χ0) is 25.4. The quantitative estimate of drug-likeness (QED) is 0.327. The largest absolute Gasteiger partial charge is 0.442 e. The number of hydrogen-bond acceptors (Lipinski definition) is 4. The summed E-state index contributed by atoms with van der Waals surface area (Å²) in [6, 6.07) is 0. The Morgan fingerprint density at radius 2 is 1.16 bits per heavy atom. The maximum atomic E-state index is 15.1. The molecule has 0 aromatic rings. The summed E-state index contributed by atoms with van der Waals surface area (Å²) < 4.78 is 182. The first-order chi connectivity index (χ1) is 14.2. The minimum atomic E-state index is -7.48. The molecule has 0 radical (unpaired) electrons. The lowest BCUT2D eigenvalue weighted by Crippen LogP contribution is -2.96. The van der Waals surface area contributed by atoms with Gasteiger partial charge in [-0.1, -0.05) is 13.2 Å². The molecule has 32 heavy (non-hydrogen) atoms. The Morgan fingerprint density at radius 3 is 1.56 bits per heavy atom. The molecule has 2 fully saturated rings. The van der Waals surface area contributed by atoms with Crippen molar-refractivity contribution < 1.29 is 71.7 Å². The number of ether oxygens (including phenoxy) is 2. The second-order valence-electron chi connectivity index (χ2n) is 6.90. The van der Waals surface area contributed by atoms with Gasteiger partial charge in [0.05, 0.1) is 0 Å². The maximum Gasteiger partial charge on any atom is 0.385 e. The van der Waals surface area contributed by atoms with Gasteiger partial charge < -0.3 is 9.47 Å². The van der Waals surface area contributed by atoms with Crippen LogP contribution in [0.25, 0.3) is 0 Å². The molecule has 16 heteroatoms. The summed E-state index contributed by atoms with van der Waals surface area (Å²) in [6.45, 7) is 1.68. The fourth-order valence-electron chi connectivity index (χ4n) is 3.60. The van der Waals surface area contributed by atoms with Gasteiger partial charge in [0.1, 0.15) is 6.67 Å². The van der Waals surface area contributed by atoms with E-state index in [1.807, 2.05) is 0 Å². The Bertz CT molecular complexity index is 865. The van der Waals surface area contributed by atoms with Gasteiger partial charge in [-0.2, -0.15) is 39.5 Å². The number of hydrogen-bond donors (Lipinski definition) is 0. The molecule has 2 saturated carbocycles. The van der Waals surface area contributed by atoms with Gasteiger partial charge in [-0.3, -0.25) is 0 Å². The van der Waals surface area contributed by atoms with Crippen LogP contribution in [0.2, 0.25) is 0 Å². The van der Waals surface area contributed by atoms with E-state index in [1.165, 1.54) is 0 Å². The van der Waals surface area contributed by atoms with Gasteiger partial charge in [-0.25, -0.2) is 22.8 Å². The molecule has 182 valence electrons. The lowest BCUT2D eigenvalue weighted by molar-refractivity contribution is -0.533. The molecule has 2 aliphatic rings. The molecule has 0 heterocycles. The standard InChI is InChI=1S/C16H10F12O4/c1-3-7(29)31-10-5-9(18,6-17)12(20,21)11(19,13(10,22)23)15(26,27)16(28,14(10,24)25)32-8(30)4-2/h3-4H,1-2,5-6H2. The van der Waals surface area contributed by atoms with E-state index in [9.17, 15) is 44.7 Å². The smallest absolute Gasteiger partial charge is 0.385 e. The zero-order valence-electron chi connectivity index (χ0n) is 15.2. The van der Waals surface area contributed by atoms with Crippen LogP contribution in [0.3, 0.4) is 0 Å². The van der Waals surface area contributed by atoms with E-state index in [2.05, 4.69) is 22.6 Å². The average molecular weight is 494 g/mol. The van der Waals surface area contributed by atoms with Gasteiger partial charge >= 0.3 is 47.2 Å². The number of esters is 2. The third kappa shape index (κ3) is 2.27. The van der Waals surface area contributed by atoms with Gasteiger partial charge in [-0.05, 0) is 0 Å². The average Bonchev–Trinajstić information content (AvgIpc) is 2.69. The number of rotatable bonds is 5. The van der Waals surface area contributed by atoms with Gasteiger partial charge in [0, 0.05) is 18.6 Å². The summed E-state index contributed by atoms with van der Waals surface area (Å²) in [5, 5.41) is 0. The molecule has 4 nitrogen and oxygen atoms in total. The van der Waals surface area contributed by atoms with E-state index in [-0.39, 0.29) is 12.2 Å². The molecule has 0 aromatic heterocycles. The van der Waals surface area contributed by atoms with E-state index < -0.39 is 71.5 Å². The van der Waals surface area contributed by atoms with Crippen molar-refractivity contribution in [1.29, 1.82) is 0 Å². The first kappa shape index (κ1) is 25.8. The van der Waals surface area contributed by atoms with Crippen molar-refractivity contribution >= 4 is 11.9 Å². The van der Waals surface area contributed by atoms with Crippen molar-refractivity contribution in [3.05, 3.63) is 25.3 Å². The molecule has 0 N–H and O–H groups in total. The minimum absolute atomic E-state index is 0.259. The highest BCUT2D eigenvalue weighted by Gasteiger charge is 3.09. The molecule has 0 aliphatic heterocycles. The van der Waals surface area contributed by atoms with Gasteiger partial charge in [0.15, 0.2) is 0 Å². The monoisotopic (exact) mass is 494 g/mol. The summed E-state index contributed by atoms with van der Waals surface area (Å²) in [4.78, 5) is 22.6. The lowest BCUT2D eigenvalue weighted by atomic mass is 9.53.